The number of rotatable bonds is 6. The van der Waals surface area contributed by atoms with E-state index in [-0.39, 0.29) is 18.4 Å². The third-order valence-corrected chi connectivity index (χ3v) is 3.63. The SMILES string of the molecule is CCCc1nc(C(=O)Nc2cnn(CC(=O)NC)c2)cs1. The van der Waals surface area contributed by atoms with Crippen LogP contribution in [0.25, 0.3) is 0 Å². The van der Waals surface area contributed by atoms with Gasteiger partial charge >= 0.3 is 0 Å². The van der Waals surface area contributed by atoms with Gasteiger partial charge in [-0.1, -0.05) is 6.92 Å². The molecule has 112 valence electrons. The number of anilines is 1. The largest absolute Gasteiger partial charge is 0.358 e. The molecule has 0 saturated carbocycles. The molecule has 0 bridgehead atoms. The molecule has 2 rings (SSSR count). The summed E-state index contributed by atoms with van der Waals surface area (Å²) < 4.78 is 1.46. The van der Waals surface area contributed by atoms with Gasteiger partial charge in [0, 0.05) is 18.6 Å². The van der Waals surface area contributed by atoms with E-state index in [9.17, 15) is 9.59 Å². The lowest BCUT2D eigenvalue weighted by Crippen LogP contribution is -2.23. The average Bonchev–Trinajstić information content (AvgIpc) is 3.09. The number of amides is 2. The Bertz CT molecular complexity index is 634. The second-order valence-corrected chi connectivity index (χ2v) is 5.37. The minimum absolute atomic E-state index is 0.115. The number of hydrogen-bond acceptors (Lipinski definition) is 5. The van der Waals surface area contributed by atoms with E-state index in [1.807, 2.05) is 0 Å². The second kappa shape index (κ2) is 6.98. The molecule has 0 unspecified atom stereocenters. The summed E-state index contributed by atoms with van der Waals surface area (Å²) in [5, 5.41) is 11.9. The smallest absolute Gasteiger partial charge is 0.275 e. The maximum absolute atomic E-state index is 12.0. The van der Waals surface area contributed by atoms with Crippen LogP contribution in [-0.2, 0) is 17.8 Å². The standard InChI is InChI=1S/C13H17N5O2S/c1-3-4-12-17-10(8-21-12)13(20)16-9-5-15-18(6-9)7-11(19)14-2/h5-6,8H,3-4,7H2,1-2H3,(H,14,19)(H,16,20). The first-order chi connectivity index (χ1) is 10.1. The molecule has 0 spiro atoms. The molecule has 0 aromatic carbocycles. The van der Waals surface area contributed by atoms with Gasteiger partial charge in [0.15, 0.2) is 0 Å². The average molecular weight is 307 g/mol. The molecule has 0 aliphatic carbocycles. The number of aromatic nitrogens is 3. The van der Waals surface area contributed by atoms with Crippen LogP contribution in [0.1, 0.15) is 28.8 Å². The van der Waals surface area contributed by atoms with Gasteiger partial charge < -0.3 is 10.6 Å². The van der Waals surface area contributed by atoms with Crippen molar-refractivity contribution in [1.29, 1.82) is 0 Å². The maximum atomic E-state index is 12.0. The molecule has 0 aliphatic rings. The van der Waals surface area contributed by atoms with E-state index in [1.54, 1.807) is 18.6 Å². The Kier molecular flexibility index (Phi) is 5.04. The first kappa shape index (κ1) is 15.2. The van der Waals surface area contributed by atoms with Crippen molar-refractivity contribution in [2.45, 2.75) is 26.3 Å². The zero-order valence-electron chi connectivity index (χ0n) is 11.9. The predicted molar refractivity (Wildman–Crippen MR) is 80.4 cm³/mol. The number of aryl methyl sites for hydroxylation is 1. The van der Waals surface area contributed by atoms with Crippen molar-refractivity contribution in [3.05, 3.63) is 28.5 Å². The Labute approximate surface area is 126 Å². The first-order valence-electron chi connectivity index (χ1n) is 6.61. The second-order valence-electron chi connectivity index (χ2n) is 4.43. The Morgan fingerprint density at radius 2 is 2.24 bits per heavy atom. The monoisotopic (exact) mass is 307 g/mol. The Hall–Kier alpha value is -2.22. The van der Waals surface area contributed by atoms with Crippen LogP contribution in [-0.4, -0.2) is 33.6 Å². The number of carbonyl (C=O) groups is 2. The molecule has 21 heavy (non-hydrogen) atoms. The van der Waals surface area contributed by atoms with Crippen LogP contribution in [0.15, 0.2) is 17.8 Å². The van der Waals surface area contributed by atoms with Gasteiger partial charge in [-0.3, -0.25) is 14.3 Å². The van der Waals surface area contributed by atoms with Crippen LogP contribution < -0.4 is 10.6 Å². The molecule has 7 nitrogen and oxygen atoms in total. The van der Waals surface area contributed by atoms with E-state index in [0.29, 0.717) is 11.4 Å². The van der Waals surface area contributed by atoms with Crippen molar-refractivity contribution >= 4 is 28.8 Å². The van der Waals surface area contributed by atoms with Crippen LogP contribution in [0, 0.1) is 0 Å². The molecule has 0 atom stereocenters. The van der Waals surface area contributed by atoms with Crippen molar-refractivity contribution in [1.82, 2.24) is 20.1 Å². The fourth-order valence-electron chi connectivity index (χ4n) is 1.68. The van der Waals surface area contributed by atoms with Gasteiger partial charge in [-0.25, -0.2) is 4.98 Å². The number of nitrogens with one attached hydrogen (secondary N) is 2. The molecule has 2 aromatic heterocycles. The summed E-state index contributed by atoms with van der Waals surface area (Å²) >= 11 is 1.48. The quantitative estimate of drug-likeness (QED) is 0.841. The van der Waals surface area contributed by atoms with E-state index in [4.69, 9.17) is 0 Å². The van der Waals surface area contributed by atoms with Gasteiger partial charge in [0.1, 0.15) is 12.2 Å². The number of carbonyl (C=O) groups excluding carboxylic acids is 2. The molecule has 0 fully saturated rings. The Morgan fingerprint density at radius 1 is 1.43 bits per heavy atom. The molecule has 2 amide bonds. The summed E-state index contributed by atoms with van der Waals surface area (Å²) in [7, 11) is 1.56. The highest BCUT2D eigenvalue weighted by atomic mass is 32.1. The summed E-state index contributed by atoms with van der Waals surface area (Å²) in [5.74, 6) is -0.423. The van der Waals surface area contributed by atoms with E-state index in [1.165, 1.54) is 22.2 Å². The first-order valence-corrected chi connectivity index (χ1v) is 7.49. The fourth-order valence-corrected chi connectivity index (χ4v) is 2.56. The molecule has 2 heterocycles. The van der Waals surface area contributed by atoms with E-state index in [0.717, 1.165) is 17.8 Å². The predicted octanol–water partition coefficient (Wildman–Crippen LogP) is 1.29. The molecule has 0 radical (unpaired) electrons. The summed E-state index contributed by atoms with van der Waals surface area (Å²) in [6.45, 7) is 2.19. The van der Waals surface area contributed by atoms with Crippen molar-refractivity contribution < 1.29 is 9.59 Å². The lowest BCUT2D eigenvalue weighted by molar-refractivity contribution is -0.121. The summed E-state index contributed by atoms with van der Waals surface area (Å²) in [5.41, 5.74) is 0.941. The number of nitrogens with zero attached hydrogens (tertiary/aromatic N) is 3. The lowest BCUT2D eigenvalue weighted by Gasteiger charge is -2.00. The van der Waals surface area contributed by atoms with Gasteiger partial charge in [0.2, 0.25) is 5.91 Å². The molecular formula is C13H17N5O2S. The lowest BCUT2D eigenvalue weighted by atomic mass is 10.3. The van der Waals surface area contributed by atoms with Crippen LogP contribution >= 0.6 is 11.3 Å². The van der Waals surface area contributed by atoms with E-state index >= 15 is 0 Å². The Balaban J connectivity index is 1.97. The zero-order valence-corrected chi connectivity index (χ0v) is 12.7. The summed E-state index contributed by atoms with van der Waals surface area (Å²) in [4.78, 5) is 27.5. The third kappa shape index (κ3) is 4.12. The molecule has 0 saturated heterocycles. The molecule has 0 aliphatic heterocycles. The number of likely N-dealkylation sites (N-methyl/N-ethyl adjacent to an activating group) is 1. The van der Waals surface area contributed by atoms with Crippen molar-refractivity contribution in [3.8, 4) is 0 Å². The zero-order chi connectivity index (χ0) is 15.2. The highest BCUT2D eigenvalue weighted by molar-refractivity contribution is 7.09. The van der Waals surface area contributed by atoms with Gasteiger partial charge in [0.05, 0.1) is 16.9 Å². The molecule has 2 N–H and O–H groups in total. The fraction of sp³-hybridized carbons (Fsp3) is 0.385. The van der Waals surface area contributed by atoms with E-state index in [2.05, 4.69) is 27.6 Å². The van der Waals surface area contributed by atoms with Crippen LogP contribution in [0.4, 0.5) is 5.69 Å². The van der Waals surface area contributed by atoms with Gasteiger partial charge in [-0.2, -0.15) is 5.10 Å². The normalized spacial score (nSPS) is 10.4. The molecule has 2 aromatic rings. The van der Waals surface area contributed by atoms with Crippen molar-refractivity contribution in [2.24, 2.45) is 0 Å². The third-order valence-electron chi connectivity index (χ3n) is 2.72. The van der Waals surface area contributed by atoms with Gasteiger partial charge in [-0.15, -0.1) is 11.3 Å². The van der Waals surface area contributed by atoms with Crippen molar-refractivity contribution in [3.63, 3.8) is 0 Å². The number of hydrogen-bond donors (Lipinski definition) is 2. The minimum Gasteiger partial charge on any atom is -0.358 e. The van der Waals surface area contributed by atoms with Crippen LogP contribution in [0.5, 0.6) is 0 Å². The van der Waals surface area contributed by atoms with Crippen molar-refractivity contribution in [2.75, 3.05) is 12.4 Å². The molecule has 8 heteroatoms. The summed E-state index contributed by atoms with van der Waals surface area (Å²) in [6.07, 6.45) is 4.98. The highest BCUT2D eigenvalue weighted by Gasteiger charge is 2.12. The highest BCUT2D eigenvalue weighted by Crippen LogP contribution is 2.13. The maximum Gasteiger partial charge on any atom is 0.275 e. The van der Waals surface area contributed by atoms with E-state index < -0.39 is 0 Å². The Morgan fingerprint density at radius 3 is 2.95 bits per heavy atom. The van der Waals surface area contributed by atoms with Crippen LogP contribution in [0.3, 0.4) is 0 Å². The number of thiazole rings is 1. The summed E-state index contributed by atoms with van der Waals surface area (Å²) in [6, 6.07) is 0. The van der Waals surface area contributed by atoms with Gasteiger partial charge in [-0.05, 0) is 12.8 Å². The molecular weight excluding hydrogens is 290 g/mol. The minimum atomic E-state index is -0.270. The van der Waals surface area contributed by atoms with Crippen LogP contribution in [0.2, 0.25) is 0 Å². The van der Waals surface area contributed by atoms with Gasteiger partial charge in [0.25, 0.3) is 5.91 Å². The topological polar surface area (TPSA) is 88.9 Å².